The summed E-state index contributed by atoms with van der Waals surface area (Å²) in [4.78, 5) is 0. The normalized spacial score (nSPS) is 34.2. The topological polar surface area (TPSA) is 0 Å². The van der Waals surface area contributed by atoms with E-state index < -0.39 is 0 Å². The van der Waals surface area contributed by atoms with Gasteiger partial charge in [0.15, 0.2) is 0 Å². The van der Waals surface area contributed by atoms with Crippen LogP contribution in [0.25, 0.3) is 0 Å². The van der Waals surface area contributed by atoms with E-state index in [-0.39, 0.29) is 0 Å². The van der Waals surface area contributed by atoms with E-state index in [9.17, 15) is 0 Å². The highest BCUT2D eigenvalue weighted by Crippen LogP contribution is 2.68. The Morgan fingerprint density at radius 2 is 0.944 bits per heavy atom. The van der Waals surface area contributed by atoms with Crippen molar-refractivity contribution < 1.29 is 0 Å². The first-order chi connectivity index (χ1) is 17.5. The maximum absolute atomic E-state index is 2.69. The Labute approximate surface area is 222 Å². The van der Waals surface area contributed by atoms with Crippen LogP contribution in [0.2, 0.25) is 0 Å². The Kier molecular flexibility index (Phi) is 7.72. The Bertz CT molecular complexity index is 916. The molecule has 0 heteroatoms. The molecule has 3 fully saturated rings. The fourth-order valence-electron chi connectivity index (χ4n) is 10.4. The maximum atomic E-state index is 2.69. The van der Waals surface area contributed by atoms with Gasteiger partial charge in [0.2, 0.25) is 0 Å². The minimum Gasteiger partial charge on any atom is -0.0619 e. The van der Waals surface area contributed by atoms with Crippen molar-refractivity contribution in [2.24, 2.45) is 29.1 Å². The van der Waals surface area contributed by atoms with Gasteiger partial charge in [-0.15, -0.1) is 0 Å². The summed E-state index contributed by atoms with van der Waals surface area (Å²) in [6, 6.07) is 14.3. The first kappa shape index (κ1) is 26.1. The smallest absolute Gasteiger partial charge is 0.0151 e. The molecule has 7 atom stereocenters. The highest BCUT2D eigenvalue weighted by molar-refractivity contribution is 5.41. The van der Waals surface area contributed by atoms with Gasteiger partial charge in [-0.05, 0) is 139 Å². The Morgan fingerprint density at radius 1 is 0.583 bits per heavy atom. The number of benzene rings is 2. The van der Waals surface area contributed by atoms with Crippen molar-refractivity contribution in [2.45, 2.75) is 124 Å². The quantitative estimate of drug-likeness (QED) is 0.382. The van der Waals surface area contributed by atoms with Gasteiger partial charge in [-0.2, -0.15) is 0 Å². The van der Waals surface area contributed by atoms with Gasteiger partial charge in [0.1, 0.15) is 0 Å². The van der Waals surface area contributed by atoms with Gasteiger partial charge in [0.05, 0.1) is 0 Å². The molecule has 2 aromatic rings. The van der Waals surface area contributed by atoms with Crippen molar-refractivity contribution in [2.75, 3.05) is 0 Å². The lowest BCUT2D eigenvalue weighted by atomic mass is 9.40. The summed E-state index contributed by atoms with van der Waals surface area (Å²) in [5.41, 5.74) is 10.6. The predicted molar refractivity (Wildman–Crippen MR) is 156 cm³/mol. The standard InChI is InChI=1S/C36H52/c1-7-26-14-11-15-27(8-2)34(26)30-20-24(5)36-25(6)21-31(23-33(36)19-13-18-32(36)22-30)35-28(9-3)16-12-17-29(35)10-4/h11-12,14-17,24-25,30-33H,7-10,13,18-23H2,1-6H3/t24-,25?,30+,31-,32+,33-,36?/m0/s1. The van der Waals surface area contributed by atoms with E-state index in [1.165, 1.54) is 70.6 Å². The average molecular weight is 485 g/mol. The summed E-state index contributed by atoms with van der Waals surface area (Å²) in [5, 5.41) is 0. The molecular weight excluding hydrogens is 432 g/mol. The monoisotopic (exact) mass is 484 g/mol. The zero-order valence-corrected chi connectivity index (χ0v) is 24.2. The summed E-state index contributed by atoms with van der Waals surface area (Å²) < 4.78 is 0. The molecule has 196 valence electrons. The second kappa shape index (κ2) is 10.7. The minimum atomic E-state index is 0.576. The van der Waals surface area contributed by atoms with E-state index in [1.54, 1.807) is 33.4 Å². The molecule has 0 aromatic heterocycles. The highest BCUT2D eigenvalue weighted by Gasteiger charge is 2.59. The summed E-state index contributed by atoms with van der Waals surface area (Å²) in [5.74, 6) is 5.06. The van der Waals surface area contributed by atoms with E-state index >= 15 is 0 Å². The van der Waals surface area contributed by atoms with Crippen molar-refractivity contribution in [1.29, 1.82) is 0 Å². The Morgan fingerprint density at radius 3 is 1.28 bits per heavy atom. The van der Waals surface area contributed by atoms with Crippen LogP contribution in [0.5, 0.6) is 0 Å². The highest BCUT2D eigenvalue weighted by atomic mass is 14.6. The molecule has 1 spiro atoms. The van der Waals surface area contributed by atoms with Gasteiger partial charge in [-0.3, -0.25) is 0 Å². The minimum absolute atomic E-state index is 0.576. The van der Waals surface area contributed by atoms with Crippen LogP contribution in [0.3, 0.4) is 0 Å². The molecular formula is C36H52. The molecule has 0 heterocycles. The number of aryl methyl sites for hydroxylation is 4. The van der Waals surface area contributed by atoms with Gasteiger partial charge in [-0.25, -0.2) is 0 Å². The first-order valence-corrected chi connectivity index (χ1v) is 15.7. The van der Waals surface area contributed by atoms with Crippen LogP contribution >= 0.6 is 0 Å². The van der Waals surface area contributed by atoms with Crippen LogP contribution in [0.1, 0.15) is 132 Å². The lowest BCUT2D eigenvalue weighted by molar-refractivity contribution is -0.134. The van der Waals surface area contributed by atoms with E-state index in [0.29, 0.717) is 5.41 Å². The zero-order chi connectivity index (χ0) is 25.4. The van der Waals surface area contributed by atoms with Crippen LogP contribution in [0.15, 0.2) is 36.4 Å². The zero-order valence-electron chi connectivity index (χ0n) is 24.2. The van der Waals surface area contributed by atoms with E-state index in [4.69, 9.17) is 0 Å². The van der Waals surface area contributed by atoms with Crippen molar-refractivity contribution >= 4 is 0 Å². The number of hydrogen-bond acceptors (Lipinski definition) is 0. The molecule has 3 aliphatic rings. The Hall–Kier alpha value is -1.56. The van der Waals surface area contributed by atoms with Crippen molar-refractivity contribution in [3.8, 4) is 0 Å². The third kappa shape index (κ3) is 4.10. The van der Waals surface area contributed by atoms with E-state index in [1.807, 2.05) is 0 Å². The second-order valence-electron chi connectivity index (χ2n) is 12.9. The molecule has 2 unspecified atom stereocenters. The van der Waals surface area contributed by atoms with Crippen molar-refractivity contribution in [3.63, 3.8) is 0 Å². The molecule has 0 aliphatic heterocycles. The molecule has 5 rings (SSSR count). The van der Waals surface area contributed by atoms with Crippen LogP contribution in [0.4, 0.5) is 0 Å². The number of hydrogen-bond donors (Lipinski definition) is 0. The second-order valence-corrected chi connectivity index (χ2v) is 12.9. The van der Waals surface area contributed by atoms with Crippen molar-refractivity contribution in [1.82, 2.24) is 0 Å². The molecule has 0 nitrogen and oxygen atoms in total. The molecule has 36 heavy (non-hydrogen) atoms. The van der Waals surface area contributed by atoms with Crippen LogP contribution in [-0.2, 0) is 25.7 Å². The van der Waals surface area contributed by atoms with Crippen LogP contribution < -0.4 is 0 Å². The molecule has 3 saturated carbocycles. The predicted octanol–water partition coefficient (Wildman–Crippen LogP) is 10.1. The molecule has 0 N–H and O–H groups in total. The van der Waals surface area contributed by atoms with Gasteiger partial charge < -0.3 is 0 Å². The molecule has 0 radical (unpaired) electrons. The third-order valence-corrected chi connectivity index (χ3v) is 11.6. The van der Waals surface area contributed by atoms with Crippen LogP contribution in [-0.4, -0.2) is 0 Å². The molecule has 0 saturated heterocycles. The van der Waals surface area contributed by atoms with Gasteiger partial charge >= 0.3 is 0 Å². The maximum Gasteiger partial charge on any atom is -0.0151 e. The lowest BCUT2D eigenvalue weighted by Gasteiger charge is -2.64. The lowest BCUT2D eigenvalue weighted by Crippen LogP contribution is -2.56. The Balaban J connectivity index is 1.48. The molecule has 0 amide bonds. The fourth-order valence-corrected chi connectivity index (χ4v) is 10.4. The average Bonchev–Trinajstić information content (AvgIpc) is 2.91. The van der Waals surface area contributed by atoms with E-state index in [0.717, 1.165) is 35.5 Å². The SMILES string of the molecule is CCc1cccc(CC)c1[C@H]1CC(C)C23[C@H](CCC[C@H]2C1)C[C@H](c1c(CC)cccc1CC)C[C@@H]3C. The summed E-state index contributed by atoms with van der Waals surface area (Å²) in [6.45, 7) is 14.8. The molecule has 3 aliphatic carbocycles. The third-order valence-electron chi connectivity index (χ3n) is 11.6. The fraction of sp³-hybridized carbons (Fsp3) is 0.667. The summed E-state index contributed by atoms with van der Waals surface area (Å²) in [7, 11) is 0. The molecule has 2 aromatic carbocycles. The van der Waals surface area contributed by atoms with E-state index in [2.05, 4.69) is 77.9 Å². The first-order valence-electron chi connectivity index (χ1n) is 15.7. The summed E-state index contributed by atoms with van der Waals surface area (Å²) >= 11 is 0. The van der Waals surface area contributed by atoms with Gasteiger partial charge in [0.25, 0.3) is 0 Å². The van der Waals surface area contributed by atoms with Gasteiger partial charge in [-0.1, -0.05) is 84.4 Å². The summed E-state index contributed by atoms with van der Waals surface area (Å²) in [6.07, 6.45) is 14.9. The van der Waals surface area contributed by atoms with Gasteiger partial charge in [0, 0.05) is 0 Å². The number of rotatable bonds is 6. The molecule has 0 bridgehead atoms. The largest absolute Gasteiger partial charge is 0.0619 e. The van der Waals surface area contributed by atoms with Crippen molar-refractivity contribution in [3.05, 3.63) is 69.8 Å². The van der Waals surface area contributed by atoms with Crippen LogP contribution in [0, 0.1) is 29.1 Å².